The molecule has 3 rings (SSSR count). The number of aromatic nitrogens is 1. The third-order valence-corrected chi connectivity index (χ3v) is 3.65. The van der Waals surface area contributed by atoms with Crippen molar-refractivity contribution in [3.63, 3.8) is 0 Å². The first kappa shape index (κ1) is 10.1. The van der Waals surface area contributed by atoms with Crippen molar-refractivity contribution < 1.29 is 4.79 Å². The quantitative estimate of drug-likeness (QED) is 0.746. The van der Waals surface area contributed by atoms with Gasteiger partial charge in [-0.05, 0) is 23.1 Å². The number of aryl methyl sites for hydroxylation is 1. The van der Waals surface area contributed by atoms with Crippen LogP contribution in [-0.4, -0.2) is 10.4 Å². The highest BCUT2D eigenvalue weighted by Gasteiger charge is 2.45. The van der Waals surface area contributed by atoms with Crippen molar-refractivity contribution in [1.29, 1.82) is 5.26 Å². The minimum atomic E-state index is -0.574. The summed E-state index contributed by atoms with van der Waals surface area (Å²) in [7, 11) is 1.98. The molecule has 0 saturated heterocycles. The summed E-state index contributed by atoms with van der Waals surface area (Å²) in [4.78, 5) is 11.2. The molecule has 0 N–H and O–H groups in total. The zero-order valence-corrected chi connectivity index (χ0v) is 9.60. The van der Waals surface area contributed by atoms with Crippen LogP contribution in [0.1, 0.15) is 18.4 Å². The van der Waals surface area contributed by atoms with E-state index in [0.717, 1.165) is 16.5 Å². The van der Waals surface area contributed by atoms with Crippen LogP contribution in [0.25, 0.3) is 10.9 Å². The van der Waals surface area contributed by atoms with Crippen molar-refractivity contribution in [3.8, 4) is 6.07 Å². The normalized spacial score (nSPS) is 17.8. The first-order valence-corrected chi connectivity index (χ1v) is 5.63. The molecule has 1 saturated carbocycles. The summed E-state index contributed by atoms with van der Waals surface area (Å²) < 4.78 is 2.03. The zero-order valence-electron chi connectivity index (χ0n) is 9.60. The number of hydrogen-bond acceptors (Lipinski definition) is 2. The summed E-state index contributed by atoms with van der Waals surface area (Å²) in [5, 5.41) is 10.5. The Balaban J connectivity index is 2.15. The molecule has 1 aromatic heterocycles. The van der Waals surface area contributed by atoms with Gasteiger partial charge < -0.3 is 4.57 Å². The predicted octanol–water partition coefficient (Wildman–Crippen LogP) is 2.30. The minimum Gasteiger partial charge on any atom is -0.351 e. The van der Waals surface area contributed by atoms with Crippen LogP contribution in [0.15, 0.2) is 30.5 Å². The number of Topliss-reactive ketones (excluding diaryl/α,β-unsaturated/α-hetero) is 1. The lowest BCUT2D eigenvalue weighted by molar-refractivity contribution is -0.126. The van der Waals surface area contributed by atoms with E-state index in [4.69, 9.17) is 0 Å². The van der Waals surface area contributed by atoms with E-state index in [2.05, 4.69) is 6.07 Å². The minimum absolute atomic E-state index is 0.179. The van der Waals surface area contributed by atoms with Crippen molar-refractivity contribution >= 4 is 16.7 Å². The van der Waals surface area contributed by atoms with Crippen molar-refractivity contribution in [2.75, 3.05) is 0 Å². The standard InChI is InChI=1S/C14H12N2O/c1-16-5-4-10-2-3-11(6-13(10)16)14(9-15)7-12(17)8-14/h2-6H,7-8H2,1H3. The van der Waals surface area contributed by atoms with E-state index in [1.54, 1.807) is 0 Å². The monoisotopic (exact) mass is 224 g/mol. The van der Waals surface area contributed by atoms with Gasteiger partial charge in [-0.15, -0.1) is 0 Å². The Morgan fingerprint density at radius 1 is 1.35 bits per heavy atom. The molecule has 84 valence electrons. The second kappa shape index (κ2) is 3.21. The lowest BCUT2D eigenvalue weighted by Gasteiger charge is -2.34. The molecule has 0 radical (unpaired) electrons. The van der Waals surface area contributed by atoms with Gasteiger partial charge in [0.25, 0.3) is 0 Å². The van der Waals surface area contributed by atoms with Crippen LogP contribution in [0, 0.1) is 11.3 Å². The SMILES string of the molecule is Cn1ccc2ccc(C3(C#N)CC(=O)C3)cc21. The molecule has 1 heterocycles. The van der Waals surface area contributed by atoms with Crippen molar-refractivity contribution in [3.05, 3.63) is 36.0 Å². The van der Waals surface area contributed by atoms with E-state index in [9.17, 15) is 10.1 Å². The molecule has 1 aliphatic rings. The maximum atomic E-state index is 11.2. The van der Waals surface area contributed by atoms with Gasteiger partial charge >= 0.3 is 0 Å². The molecule has 0 unspecified atom stereocenters. The van der Waals surface area contributed by atoms with Gasteiger partial charge in [0.1, 0.15) is 5.78 Å². The van der Waals surface area contributed by atoms with Gasteiger partial charge in [-0.1, -0.05) is 12.1 Å². The number of ketones is 1. The fraction of sp³-hybridized carbons (Fsp3) is 0.286. The Bertz CT molecular complexity index is 652. The maximum absolute atomic E-state index is 11.2. The second-order valence-corrected chi connectivity index (χ2v) is 4.79. The summed E-state index contributed by atoms with van der Waals surface area (Å²) in [6.07, 6.45) is 2.72. The molecule has 3 nitrogen and oxygen atoms in total. The van der Waals surface area contributed by atoms with Crippen LogP contribution in [0.2, 0.25) is 0 Å². The zero-order chi connectivity index (χ0) is 12.0. The Kier molecular flexibility index (Phi) is 1.90. The first-order chi connectivity index (χ1) is 8.14. The number of rotatable bonds is 1. The highest BCUT2D eigenvalue weighted by atomic mass is 16.1. The van der Waals surface area contributed by atoms with E-state index >= 15 is 0 Å². The van der Waals surface area contributed by atoms with Crippen LogP contribution >= 0.6 is 0 Å². The van der Waals surface area contributed by atoms with Crippen LogP contribution in [0.4, 0.5) is 0 Å². The Morgan fingerprint density at radius 2 is 2.12 bits per heavy atom. The molecule has 0 amide bonds. The van der Waals surface area contributed by atoms with E-state index in [1.165, 1.54) is 0 Å². The van der Waals surface area contributed by atoms with Crippen molar-refractivity contribution in [2.45, 2.75) is 18.3 Å². The fourth-order valence-electron chi connectivity index (χ4n) is 2.53. The molecule has 3 heteroatoms. The number of hydrogen-bond donors (Lipinski definition) is 0. The molecule has 0 spiro atoms. The van der Waals surface area contributed by atoms with Gasteiger partial charge in [0.2, 0.25) is 0 Å². The van der Waals surface area contributed by atoms with Gasteiger partial charge in [-0.3, -0.25) is 4.79 Å². The lowest BCUT2D eigenvalue weighted by Crippen LogP contribution is -2.40. The first-order valence-electron chi connectivity index (χ1n) is 5.63. The van der Waals surface area contributed by atoms with E-state index in [-0.39, 0.29) is 5.78 Å². The van der Waals surface area contributed by atoms with Crippen molar-refractivity contribution in [2.24, 2.45) is 7.05 Å². The van der Waals surface area contributed by atoms with Gasteiger partial charge in [0.05, 0.1) is 11.5 Å². The number of nitriles is 1. The van der Waals surface area contributed by atoms with Gasteiger partial charge in [0, 0.05) is 31.6 Å². The Morgan fingerprint density at radius 3 is 2.76 bits per heavy atom. The van der Waals surface area contributed by atoms with Gasteiger partial charge in [-0.25, -0.2) is 0 Å². The molecule has 2 aromatic rings. The largest absolute Gasteiger partial charge is 0.351 e. The van der Waals surface area contributed by atoms with Gasteiger partial charge in [0.15, 0.2) is 0 Å². The van der Waals surface area contributed by atoms with E-state index in [1.807, 2.05) is 42.1 Å². The third kappa shape index (κ3) is 1.31. The highest BCUT2D eigenvalue weighted by molar-refractivity contribution is 5.91. The Labute approximate surface area is 99.3 Å². The summed E-state index contributed by atoms with van der Waals surface area (Å²) in [6.45, 7) is 0. The number of nitrogens with zero attached hydrogens (tertiary/aromatic N) is 2. The molecule has 0 bridgehead atoms. The molecule has 0 atom stereocenters. The fourth-order valence-corrected chi connectivity index (χ4v) is 2.53. The molecular weight excluding hydrogens is 212 g/mol. The molecule has 17 heavy (non-hydrogen) atoms. The average Bonchev–Trinajstić information content (AvgIpc) is 2.66. The van der Waals surface area contributed by atoms with E-state index < -0.39 is 5.41 Å². The highest BCUT2D eigenvalue weighted by Crippen LogP contribution is 2.41. The lowest BCUT2D eigenvalue weighted by atomic mass is 9.64. The summed E-state index contributed by atoms with van der Waals surface area (Å²) in [6, 6.07) is 10.4. The van der Waals surface area contributed by atoms with Crippen LogP contribution in [-0.2, 0) is 17.3 Å². The smallest absolute Gasteiger partial charge is 0.136 e. The Hall–Kier alpha value is -2.08. The topological polar surface area (TPSA) is 45.8 Å². The van der Waals surface area contributed by atoms with Crippen LogP contribution < -0.4 is 0 Å². The van der Waals surface area contributed by atoms with E-state index in [0.29, 0.717) is 12.8 Å². The van der Waals surface area contributed by atoms with Crippen molar-refractivity contribution in [1.82, 2.24) is 4.57 Å². The predicted molar refractivity (Wildman–Crippen MR) is 64.5 cm³/mol. The molecule has 1 fully saturated rings. The maximum Gasteiger partial charge on any atom is 0.136 e. The summed E-state index contributed by atoms with van der Waals surface area (Å²) in [5.74, 6) is 0.179. The molecule has 1 aromatic carbocycles. The third-order valence-electron chi connectivity index (χ3n) is 3.65. The number of carbonyl (C=O) groups excluding carboxylic acids is 1. The average molecular weight is 224 g/mol. The second-order valence-electron chi connectivity index (χ2n) is 4.79. The molecule has 0 aliphatic heterocycles. The summed E-state index contributed by atoms with van der Waals surface area (Å²) in [5.41, 5.74) is 1.50. The number of benzene rings is 1. The van der Waals surface area contributed by atoms with Crippen LogP contribution in [0.5, 0.6) is 0 Å². The number of fused-ring (bicyclic) bond motifs is 1. The molecule has 1 aliphatic carbocycles. The van der Waals surface area contributed by atoms with Crippen LogP contribution in [0.3, 0.4) is 0 Å². The number of carbonyl (C=O) groups is 1. The molecular formula is C14H12N2O. The van der Waals surface area contributed by atoms with Gasteiger partial charge in [-0.2, -0.15) is 5.26 Å². The summed E-state index contributed by atoms with van der Waals surface area (Å²) >= 11 is 0.